The molecule has 1 unspecified atom stereocenters. The number of hydrogen-bond acceptors (Lipinski definition) is 2. The monoisotopic (exact) mass is 324 g/mol. The van der Waals surface area contributed by atoms with Crippen LogP contribution in [0.25, 0.3) is 0 Å². The summed E-state index contributed by atoms with van der Waals surface area (Å²) in [5.41, 5.74) is 0.360. The normalized spacial score (nSPS) is 13.1. The van der Waals surface area contributed by atoms with Crippen LogP contribution in [0.15, 0.2) is 16.7 Å². The van der Waals surface area contributed by atoms with Crippen LogP contribution in [-0.4, -0.2) is 34.7 Å². The lowest BCUT2D eigenvalue weighted by atomic mass is 10.3. The number of nitrogens with one attached hydrogen (secondary N) is 1. The molecule has 0 aliphatic heterocycles. The minimum Gasteiger partial charge on any atom is -0.385 e. The lowest BCUT2D eigenvalue weighted by Gasteiger charge is -2.14. The molecule has 0 bridgehead atoms. The molecule has 4 nitrogen and oxygen atoms in total. The Labute approximate surface area is 112 Å². The van der Waals surface area contributed by atoms with Crippen molar-refractivity contribution in [2.75, 3.05) is 6.54 Å². The number of halogens is 3. The van der Waals surface area contributed by atoms with Crippen LogP contribution in [0.4, 0.5) is 8.78 Å². The van der Waals surface area contributed by atoms with E-state index in [9.17, 15) is 13.6 Å². The zero-order chi connectivity index (χ0) is 13.9. The predicted molar refractivity (Wildman–Crippen MR) is 66.9 cm³/mol. The highest BCUT2D eigenvalue weighted by Gasteiger charge is 2.20. The fraction of sp³-hybridized carbons (Fsp3) is 0.545. The number of amides is 1. The molecule has 0 aliphatic carbocycles. The summed E-state index contributed by atoms with van der Waals surface area (Å²) < 4.78 is 26.6. The predicted octanol–water partition coefficient (Wildman–Crippen LogP) is 2.19. The maximum atomic E-state index is 12.1. The number of rotatable bonds is 5. The first-order valence-electron chi connectivity index (χ1n) is 5.44. The SMILES string of the molecule is CC(C)n1cc(Br)cc1C(=O)NCC(O)C(F)F. The van der Waals surface area contributed by atoms with Gasteiger partial charge in [-0.1, -0.05) is 0 Å². The Kier molecular flexibility index (Phi) is 5.28. The number of hydrogen-bond donors (Lipinski definition) is 2. The summed E-state index contributed by atoms with van der Waals surface area (Å²) in [4.78, 5) is 11.8. The van der Waals surface area contributed by atoms with E-state index in [0.29, 0.717) is 5.69 Å². The van der Waals surface area contributed by atoms with E-state index in [0.717, 1.165) is 4.47 Å². The van der Waals surface area contributed by atoms with Crippen molar-refractivity contribution in [3.05, 3.63) is 22.4 Å². The van der Waals surface area contributed by atoms with E-state index in [2.05, 4.69) is 21.2 Å². The molecule has 7 heteroatoms. The van der Waals surface area contributed by atoms with Crippen LogP contribution < -0.4 is 5.32 Å². The summed E-state index contributed by atoms with van der Waals surface area (Å²) in [6, 6.07) is 1.67. The molecule has 1 amide bonds. The van der Waals surface area contributed by atoms with E-state index in [1.54, 1.807) is 16.8 Å². The fourth-order valence-corrected chi connectivity index (χ4v) is 1.87. The Bertz CT molecular complexity index is 421. The molecule has 0 aliphatic rings. The van der Waals surface area contributed by atoms with Crippen molar-refractivity contribution in [1.82, 2.24) is 9.88 Å². The van der Waals surface area contributed by atoms with Crippen molar-refractivity contribution in [1.29, 1.82) is 0 Å². The highest BCUT2D eigenvalue weighted by Crippen LogP contribution is 2.19. The molecule has 2 N–H and O–H groups in total. The molecular weight excluding hydrogens is 310 g/mol. The van der Waals surface area contributed by atoms with Crippen LogP contribution in [0.5, 0.6) is 0 Å². The quantitative estimate of drug-likeness (QED) is 0.872. The average molecular weight is 325 g/mol. The van der Waals surface area contributed by atoms with Gasteiger partial charge in [-0.05, 0) is 35.8 Å². The van der Waals surface area contributed by atoms with E-state index in [-0.39, 0.29) is 6.04 Å². The molecule has 1 aromatic heterocycles. The van der Waals surface area contributed by atoms with Gasteiger partial charge in [-0.25, -0.2) is 8.78 Å². The maximum absolute atomic E-state index is 12.1. The lowest BCUT2D eigenvalue weighted by Crippen LogP contribution is -2.36. The highest BCUT2D eigenvalue weighted by atomic mass is 79.9. The molecule has 1 atom stereocenters. The number of aliphatic hydroxyl groups is 1. The van der Waals surface area contributed by atoms with Crippen molar-refractivity contribution in [2.45, 2.75) is 32.4 Å². The molecule has 1 rings (SSSR count). The van der Waals surface area contributed by atoms with Crippen LogP contribution >= 0.6 is 15.9 Å². The van der Waals surface area contributed by atoms with Crippen LogP contribution in [-0.2, 0) is 0 Å². The third-order valence-corrected chi connectivity index (χ3v) is 2.80. The Hall–Kier alpha value is -0.950. The molecule has 0 radical (unpaired) electrons. The van der Waals surface area contributed by atoms with Gasteiger partial charge in [-0.15, -0.1) is 0 Å². The third kappa shape index (κ3) is 3.78. The van der Waals surface area contributed by atoms with Crippen LogP contribution in [0, 0.1) is 0 Å². The first-order valence-corrected chi connectivity index (χ1v) is 6.24. The van der Waals surface area contributed by atoms with Crippen molar-refractivity contribution < 1.29 is 18.7 Å². The van der Waals surface area contributed by atoms with Gasteiger partial charge in [-0.2, -0.15) is 0 Å². The van der Waals surface area contributed by atoms with Gasteiger partial charge in [0.15, 0.2) is 0 Å². The van der Waals surface area contributed by atoms with Crippen LogP contribution in [0.2, 0.25) is 0 Å². The van der Waals surface area contributed by atoms with Gasteiger partial charge in [0.05, 0.1) is 0 Å². The molecule has 0 spiro atoms. The second kappa shape index (κ2) is 6.29. The van der Waals surface area contributed by atoms with Gasteiger partial charge in [0.1, 0.15) is 11.8 Å². The second-order valence-corrected chi connectivity index (χ2v) is 5.07. The van der Waals surface area contributed by atoms with Crippen molar-refractivity contribution in [3.8, 4) is 0 Å². The maximum Gasteiger partial charge on any atom is 0.268 e. The van der Waals surface area contributed by atoms with E-state index < -0.39 is 25.0 Å². The number of alkyl halides is 2. The van der Waals surface area contributed by atoms with Crippen LogP contribution in [0.3, 0.4) is 0 Å². The Morgan fingerprint density at radius 1 is 1.56 bits per heavy atom. The zero-order valence-corrected chi connectivity index (χ0v) is 11.6. The summed E-state index contributed by atoms with van der Waals surface area (Å²) in [5.74, 6) is -0.492. The summed E-state index contributed by atoms with van der Waals surface area (Å²) in [7, 11) is 0. The van der Waals surface area contributed by atoms with Crippen molar-refractivity contribution in [3.63, 3.8) is 0 Å². The number of carbonyl (C=O) groups excluding carboxylic acids is 1. The van der Waals surface area contributed by atoms with Gasteiger partial charge < -0.3 is 15.0 Å². The van der Waals surface area contributed by atoms with E-state index in [1.807, 2.05) is 13.8 Å². The van der Waals surface area contributed by atoms with E-state index in [4.69, 9.17) is 5.11 Å². The highest BCUT2D eigenvalue weighted by molar-refractivity contribution is 9.10. The van der Waals surface area contributed by atoms with Gasteiger partial charge in [0, 0.05) is 23.3 Å². The summed E-state index contributed by atoms with van der Waals surface area (Å²) >= 11 is 3.25. The molecule has 0 saturated heterocycles. The van der Waals surface area contributed by atoms with E-state index in [1.165, 1.54) is 0 Å². The Morgan fingerprint density at radius 3 is 2.67 bits per heavy atom. The molecule has 0 fully saturated rings. The molecule has 1 aromatic rings. The second-order valence-electron chi connectivity index (χ2n) is 4.16. The minimum absolute atomic E-state index is 0.0667. The van der Waals surface area contributed by atoms with Crippen LogP contribution in [0.1, 0.15) is 30.4 Å². The van der Waals surface area contributed by atoms with Crippen molar-refractivity contribution in [2.24, 2.45) is 0 Å². The molecule has 0 aromatic carbocycles. The van der Waals surface area contributed by atoms with Gasteiger partial charge >= 0.3 is 0 Å². The minimum atomic E-state index is -2.87. The molecule has 1 heterocycles. The number of aliphatic hydroxyl groups excluding tert-OH is 1. The number of aromatic nitrogens is 1. The molecular formula is C11H15BrF2N2O2. The standard InChI is InChI=1S/C11H15BrF2N2O2/c1-6(2)16-5-7(12)3-8(16)11(18)15-4-9(17)10(13)14/h3,5-6,9-10,17H,4H2,1-2H3,(H,15,18). The van der Waals surface area contributed by atoms with Gasteiger partial charge in [0.2, 0.25) is 0 Å². The number of nitrogens with zero attached hydrogens (tertiary/aromatic N) is 1. The topological polar surface area (TPSA) is 54.3 Å². The first kappa shape index (κ1) is 15.1. The largest absolute Gasteiger partial charge is 0.385 e. The first-order chi connectivity index (χ1) is 8.32. The molecule has 0 saturated carbocycles. The molecule has 102 valence electrons. The summed E-state index contributed by atoms with van der Waals surface area (Å²) in [5, 5.41) is 11.2. The van der Waals surface area contributed by atoms with Gasteiger partial charge in [0.25, 0.3) is 12.3 Å². The summed E-state index contributed by atoms with van der Waals surface area (Å²) in [6.07, 6.45) is -2.97. The Balaban J connectivity index is 2.72. The van der Waals surface area contributed by atoms with Crippen molar-refractivity contribution >= 4 is 21.8 Å². The lowest BCUT2D eigenvalue weighted by molar-refractivity contribution is -0.00275. The smallest absolute Gasteiger partial charge is 0.268 e. The fourth-order valence-electron chi connectivity index (χ4n) is 1.43. The zero-order valence-electron chi connectivity index (χ0n) is 10.0. The average Bonchev–Trinajstić information content (AvgIpc) is 2.67. The number of carbonyl (C=O) groups is 1. The third-order valence-electron chi connectivity index (χ3n) is 2.37. The summed E-state index contributed by atoms with van der Waals surface area (Å²) in [6.45, 7) is 3.33. The van der Waals surface area contributed by atoms with Gasteiger partial charge in [-0.3, -0.25) is 4.79 Å². The Morgan fingerprint density at radius 2 is 2.17 bits per heavy atom. The van der Waals surface area contributed by atoms with E-state index >= 15 is 0 Å². The molecule has 18 heavy (non-hydrogen) atoms.